The molecule has 0 aromatic heterocycles. The van der Waals surface area contributed by atoms with Gasteiger partial charge >= 0.3 is 0 Å². The third kappa shape index (κ3) is 6.86. The SMILES string of the molecule is CN=C(NCCSCc1ccccc1F)NC1CCN(C(C)C)CC1. The summed E-state index contributed by atoms with van der Waals surface area (Å²) in [4.78, 5) is 6.84. The summed E-state index contributed by atoms with van der Waals surface area (Å²) in [7, 11) is 1.81. The quantitative estimate of drug-likeness (QED) is 0.442. The molecule has 2 rings (SSSR count). The number of rotatable bonds is 7. The van der Waals surface area contributed by atoms with Crippen LogP contribution >= 0.6 is 11.8 Å². The van der Waals surface area contributed by atoms with Gasteiger partial charge in [-0.3, -0.25) is 4.99 Å². The van der Waals surface area contributed by atoms with Crippen molar-refractivity contribution in [2.75, 3.05) is 32.4 Å². The van der Waals surface area contributed by atoms with E-state index >= 15 is 0 Å². The fraction of sp³-hybridized carbons (Fsp3) is 0.632. The smallest absolute Gasteiger partial charge is 0.191 e. The molecule has 0 unspecified atom stereocenters. The van der Waals surface area contributed by atoms with E-state index in [0.29, 0.717) is 17.8 Å². The van der Waals surface area contributed by atoms with E-state index in [4.69, 9.17) is 0 Å². The van der Waals surface area contributed by atoms with E-state index in [1.807, 2.05) is 19.2 Å². The first-order valence-electron chi connectivity index (χ1n) is 9.12. The number of hydrogen-bond donors (Lipinski definition) is 2. The lowest BCUT2D eigenvalue weighted by molar-refractivity contribution is 0.167. The van der Waals surface area contributed by atoms with Crippen LogP contribution in [0.2, 0.25) is 0 Å². The Morgan fingerprint density at radius 2 is 2.04 bits per heavy atom. The number of hydrogen-bond acceptors (Lipinski definition) is 3. The molecule has 0 radical (unpaired) electrons. The molecule has 0 bridgehead atoms. The second-order valence-electron chi connectivity index (χ2n) is 6.69. The molecule has 0 atom stereocenters. The van der Waals surface area contributed by atoms with Crippen molar-refractivity contribution in [3.05, 3.63) is 35.6 Å². The maximum atomic E-state index is 13.6. The first-order valence-corrected chi connectivity index (χ1v) is 10.3. The van der Waals surface area contributed by atoms with Gasteiger partial charge in [0.25, 0.3) is 0 Å². The zero-order valence-electron chi connectivity index (χ0n) is 15.6. The van der Waals surface area contributed by atoms with E-state index in [1.54, 1.807) is 17.8 Å². The molecule has 0 aliphatic carbocycles. The van der Waals surface area contributed by atoms with Gasteiger partial charge in [-0.05, 0) is 38.3 Å². The number of thioether (sulfide) groups is 1. The lowest BCUT2D eigenvalue weighted by atomic mass is 10.0. The van der Waals surface area contributed by atoms with Gasteiger partial charge in [0, 0.05) is 50.3 Å². The zero-order chi connectivity index (χ0) is 18.1. The lowest BCUT2D eigenvalue weighted by Crippen LogP contribution is -2.50. The molecular formula is C19H31FN4S. The molecule has 0 amide bonds. The number of nitrogens with one attached hydrogen (secondary N) is 2. The van der Waals surface area contributed by atoms with Crippen LogP contribution in [-0.2, 0) is 5.75 Å². The first-order chi connectivity index (χ1) is 12.1. The van der Waals surface area contributed by atoms with Crippen LogP contribution in [0.5, 0.6) is 0 Å². The van der Waals surface area contributed by atoms with Crippen LogP contribution in [0.25, 0.3) is 0 Å². The van der Waals surface area contributed by atoms with E-state index in [1.165, 1.54) is 6.07 Å². The van der Waals surface area contributed by atoms with Gasteiger partial charge in [0.05, 0.1) is 0 Å². The molecule has 4 nitrogen and oxygen atoms in total. The second-order valence-corrected chi connectivity index (χ2v) is 7.80. The summed E-state index contributed by atoms with van der Waals surface area (Å²) in [6.07, 6.45) is 2.31. The van der Waals surface area contributed by atoms with E-state index in [-0.39, 0.29) is 5.82 Å². The van der Waals surface area contributed by atoms with Crippen molar-refractivity contribution in [3.63, 3.8) is 0 Å². The van der Waals surface area contributed by atoms with Gasteiger partial charge in [-0.2, -0.15) is 11.8 Å². The summed E-state index contributed by atoms with van der Waals surface area (Å²) >= 11 is 1.73. The first kappa shape index (κ1) is 20.0. The maximum absolute atomic E-state index is 13.6. The number of guanidine groups is 1. The van der Waals surface area contributed by atoms with Crippen molar-refractivity contribution in [1.82, 2.24) is 15.5 Å². The highest BCUT2D eigenvalue weighted by atomic mass is 32.2. The number of piperidine rings is 1. The van der Waals surface area contributed by atoms with Crippen LogP contribution in [0.1, 0.15) is 32.3 Å². The van der Waals surface area contributed by atoms with Crippen LogP contribution in [0.4, 0.5) is 4.39 Å². The van der Waals surface area contributed by atoms with Crippen LogP contribution in [0.3, 0.4) is 0 Å². The Morgan fingerprint density at radius 3 is 2.68 bits per heavy atom. The Hall–Kier alpha value is -1.27. The Balaban J connectivity index is 1.62. The topological polar surface area (TPSA) is 39.7 Å². The van der Waals surface area contributed by atoms with Gasteiger partial charge < -0.3 is 15.5 Å². The highest BCUT2D eigenvalue weighted by molar-refractivity contribution is 7.98. The Labute approximate surface area is 155 Å². The summed E-state index contributed by atoms with van der Waals surface area (Å²) in [5.74, 6) is 2.37. The van der Waals surface area contributed by atoms with Crippen molar-refractivity contribution in [2.24, 2.45) is 4.99 Å². The molecule has 1 aliphatic rings. The second kappa shape index (κ2) is 10.7. The Kier molecular flexibility index (Phi) is 8.55. The summed E-state index contributed by atoms with van der Waals surface area (Å²) in [5.41, 5.74) is 0.770. The summed E-state index contributed by atoms with van der Waals surface area (Å²) in [5, 5.41) is 6.89. The van der Waals surface area contributed by atoms with Crippen molar-refractivity contribution < 1.29 is 4.39 Å². The minimum atomic E-state index is -0.117. The van der Waals surface area contributed by atoms with Gasteiger partial charge in [-0.1, -0.05) is 18.2 Å². The Morgan fingerprint density at radius 1 is 1.32 bits per heavy atom. The zero-order valence-corrected chi connectivity index (χ0v) is 16.4. The molecule has 1 aromatic carbocycles. The van der Waals surface area contributed by atoms with E-state index in [2.05, 4.69) is 34.4 Å². The molecule has 6 heteroatoms. The van der Waals surface area contributed by atoms with E-state index in [9.17, 15) is 4.39 Å². The van der Waals surface area contributed by atoms with Crippen LogP contribution in [-0.4, -0.2) is 55.4 Å². The lowest BCUT2D eigenvalue weighted by Gasteiger charge is -2.35. The molecule has 1 aliphatic heterocycles. The minimum Gasteiger partial charge on any atom is -0.356 e. The van der Waals surface area contributed by atoms with Gasteiger partial charge in [-0.25, -0.2) is 4.39 Å². The standard InChI is InChI=1S/C19H31FN4S/c1-15(2)24-11-8-17(9-12-24)23-19(21-3)22-10-13-25-14-16-6-4-5-7-18(16)20/h4-7,15,17H,8-14H2,1-3H3,(H2,21,22,23). The highest BCUT2D eigenvalue weighted by Crippen LogP contribution is 2.15. The number of halogens is 1. The molecule has 1 heterocycles. The molecule has 1 aromatic rings. The van der Waals surface area contributed by atoms with E-state index in [0.717, 1.165) is 49.8 Å². The fourth-order valence-electron chi connectivity index (χ4n) is 2.99. The van der Waals surface area contributed by atoms with Gasteiger partial charge in [0.2, 0.25) is 0 Å². The molecule has 0 spiro atoms. The molecule has 2 N–H and O–H groups in total. The van der Waals surface area contributed by atoms with Crippen LogP contribution < -0.4 is 10.6 Å². The molecular weight excluding hydrogens is 335 g/mol. The molecule has 1 saturated heterocycles. The predicted octanol–water partition coefficient (Wildman–Crippen LogP) is 3.10. The monoisotopic (exact) mass is 366 g/mol. The van der Waals surface area contributed by atoms with Crippen LogP contribution in [0, 0.1) is 5.82 Å². The average Bonchev–Trinajstić information content (AvgIpc) is 2.62. The third-order valence-electron chi connectivity index (χ3n) is 4.58. The average molecular weight is 367 g/mol. The Bertz CT molecular complexity index is 542. The summed E-state index contributed by atoms with van der Waals surface area (Å²) in [6, 6.07) is 8.10. The fourth-order valence-corrected chi connectivity index (χ4v) is 3.83. The van der Waals surface area contributed by atoms with Crippen LogP contribution in [0.15, 0.2) is 29.3 Å². The summed E-state index contributed by atoms with van der Waals surface area (Å²) in [6.45, 7) is 7.62. The number of benzene rings is 1. The highest BCUT2D eigenvalue weighted by Gasteiger charge is 2.21. The van der Waals surface area contributed by atoms with Gasteiger partial charge in [-0.15, -0.1) is 0 Å². The maximum Gasteiger partial charge on any atom is 0.191 e. The van der Waals surface area contributed by atoms with E-state index < -0.39 is 0 Å². The molecule has 25 heavy (non-hydrogen) atoms. The minimum absolute atomic E-state index is 0.117. The van der Waals surface area contributed by atoms with Gasteiger partial charge in [0.15, 0.2) is 5.96 Å². The number of likely N-dealkylation sites (tertiary alicyclic amines) is 1. The summed E-state index contributed by atoms with van der Waals surface area (Å²) < 4.78 is 13.6. The molecule has 140 valence electrons. The predicted molar refractivity (Wildman–Crippen MR) is 107 cm³/mol. The normalized spacial score (nSPS) is 17.1. The largest absolute Gasteiger partial charge is 0.356 e. The van der Waals surface area contributed by atoms with Crippen molar-refractivity contribution >= 4 is 17.7 Å². The molecule has 0 saturated carbocycles. The number of aliphatic imine (C=N–C) groups is 1. The van der Waals surface area contributed by atoms with Gasteiger partial charge in [0.1, 0.15) is 5.82 Å². The van der Waals surface area contributed by atoms with Crippen molar-refractivity contribution in [1.29, 1.82) is 0 Å². The van der Waals surface area contributed by atoms with Crippen molar-refractivity contribution in [3.8, 4) is 0 Å². The third-order valence-corrected chi connectivity index (χ3v) is 5.59. The number of nitrogens with zero attached hydrogens (tertiary/aromatic N) is 2. The van der Waals surface area contributed by atoms with Crippen molar-refractivity contribution in [2.45, 2.75) is 44.5 Å². The molecule has 1 fully saturated rings.